The van der Waals surface area contributed by atoms with Crippen molar-refractivity contribution in [2.24, 2.45) is 0 Å². The Morgan fingerprint density at radius 2 is 1.77 bits per heavy atom. The number of amides is 1. The minimum atomic E-state index is -3.56. The lowest BCUT2D eigenvalue weighted by molar-refractivity contribution is 0.0786. The summed E-state index contributed by atoms with van der Waals surface area (Å²) in [5.74, 6) is 1.67. The summed E-state index contributed by atoms with van der Waals surface area (Å²) in [6.07, 6.45) is 3.26. The lowest BCUT2D eigenvalue weighted by Gasteiger charge is -2.29. The zero-order valence-corrected chi connectivity index (χ0v) is 18.9. The summed E-state index contributed by atoms with van der Waals surface area (Å²) in [7, 11) is -3.56. The first-order valence-electron chi connectivity index (χ1n) is 10.9. The summed E-state index contributed by atoms with van der Waals surface area (Å²) in [5, 5.41) is 0. The number of aryl methyl sites for hydroxylation is 1. The first kappa shape index (κ1) is 21.8. The van der Waals surface area contributed by atoms with Crippen molar-refractivity contribution in [2.75, 3.05) is 32.8 Å². The Bertz CT molecular complexity index is 1020. The molecule has 2 saturated heterocycles. The van der Waals surface area contributed by atoms with E-state index in [-0.39, 0.29) is 16.7 Å². The van der Waals surface area contributed by atoms with Gasteiger partial charge in [-0.25, -0.2) is 13.4 Å². The van der Waals surface area contributed by atoms with Gasteiger partial charge in [0.25, 0.3) is 5.91 Å². The topological polar surface area (TPSA) is 93.0 Å². The van der Waals surface area contributed by atoms with Crippen LogP contribution < -0.4 is 4.74 Å². The molecule has 2 aliphatic rings. The van der Waals surface area contributed by atoms with Gasteiger partial charge >= 0.3 is 0 Å². The molecule has 168 valence electrons. The van der Waals surface area contributed by atoms with E-state index < -0.39 is 10.0 Å². The average molecular weight is 448 g/mol. The van der Waals surface area contributed by atoms with Crippen molar-refractivity contribution >= 4 is 15.9 Å². The van der Waals surface area contributed by atoms with E-state index in [1.54, 1.807) is 31.2 Å². The SMILES string of the molecule is CCOc1ccc(S(=O)(=O)N2CCC(c3nc(C(=O)N4CCCC4)c(C)o3)CC2)cc1. The highest BCUT2D eigenvalue weighted by molar-refractivity contribution is 7.89. The molecule has 1 aromatic heterocycles. The van der Waals surface area contributed by atoms with Gasteiger partial charge in [-0.15, -0.1) is 0 Å². The zero-order chi connectivity index (χ0) is 22.0. The largest absolute Gasteiger partial charge is 0.494 e. The van der Waals surface area contributed by atoms with Crippen LogP contribution in [0.15, 0.2) is 33.6 Å². The Morgan fingerprint density at radius 3 is 2.39 bits per heavy atom. The molecule has 2 fully saturated rings. The van der Waals surface area contributed by atoms with E-state index in [2.05, 4.69) is 4.98 Å². The van der Waals surface area contributed by atoms with Gasteiger partial charge in [0.15, 0.2) is 11.6 Å². The lowest BCUT2D eigenvalue weighted by Crippen LogP contribution is -2.38. The summed E-state index contributed by atoms with van der Waals surface area (Å²) in [6, 6.07) is 6.52. The van der Waals surface area contributed by atoms with Crippen LogP contribution in [0.5, 0.6) is 5.75 Å². The van der Waals surface area contributed by atoms with E-state index in [1.807, 2.05) is 11.8 Å². The first-order valence-corrected chi connectivity index (χ1v) is 12.3. The highest BCUT2D eigenvalue weighted by Gasteiger charge is 2.33. The highest BCUT2D eigenvalue weighted by Crippen LogP contribution is 2.32. The van der Waals surface area contributed by atoms with Gasteiger partial charge in [-0.3, -0.25) is 4.79 Å². The summed E-state index contributed by atoms with van der Waals surface area (Å²) in [5.41, 5.74) is 0.390. The monoisotopic (exact) mass is 447 g/mol. The summed E-state index contributed by atoms with van der Waals surface area (Å²) >= 11 is 0. The molecular formula is C22H29N3O5S. The fourth-order valence-corrected chi connectivity index (χ4v) is 5.70. The highest BCUT2D eigenvalue weighted by atomic mass is 32.2. The molecule has 4 rings (SSSR count). The van der Waals surface area contributed by atoms with E-state index in [1.165, 1.54) is 4.31 Å². The molecule has 1 aromatic carbocycles. The summed E-state index contributed by atoms with van der Waals surface area (Å²) in [6.45, 7) is 6.49. The molecule has 0 bridgehead atoms. The number of benzene rings is 1. The van der Waals surface area contributed by atoms with Crippen molar-refractivity contribution in [1.29, 1.82) is 0 Å². The van der Waals surface area contributed by atoms with Crippen molar-refractivity contribution in [3.63, 3.8) is 0 Å². The second kappa shape index (κ2) is 9.00. The number of carbonyl (C=O) groups excluding carboxylic acids is 1. The van der Waals surface area contributed by atoms with Crippen molar-refractivity contribution in [3.05, 3.63) is 41.6 Å². The summed E-state index contributed by atoms with van der Waals surface area (Å²) < 4.78 is 38.7. The maximum absolute atomic E-state index is 13.0. The van der Waals surface area contributed by atoms with Crippen LogP contribution in [0.2, 0.25) is 0 Å². The number of rotatable bonds is 6. The molecule has 31 heavy (non-hydrogen) atoms. The standard InChI is InChI=1S/C22H29N3O5S/c1-3-29-18-6-8-19(9-7-18)31(27,28)25-14-10-17(11-15-25)21-23-20(16(2)30-21)22(26)24-12-4-5-13-24/h6-9,17H,3-5,10-15H2,1-2H3. The Kier molecular flexibility index (Phi) is 6.34. The number of piperidine rings is 1. The number of likely N-dealkylation sites (tertiary alicyclic amines) is 1. The molecule has 0 unspecified atom stereocenters. The van der Waals surface area contributed by atoms with Crippen LogP contribution in [0.1, 0.15) is 60.7 Å². The minimum absolute atomic E-state index is 0.00519. The van der Waals surface area contributed by atoms with Gasteiger partial charge in [0, 0.05) is 32.1 Å². The van der Waals surface area contributed by atoms with Gasteiger partial charge in [0.1, 0.15) is 11.5 Å². The molecule has 0 spiro atoms. The second-order valence-electron chi connectivity index (χ2n) is 8.04. The lowest BCUT2D eigenvalue weighted by atomic mass is 9.98. The predicted octanol–water partition coefficient (Wildman–Crippen LogP) is 3.19. The number of oxazole rings is 1. The molecule has 2 aliphatic heterocycles. The van der Waals surface area contributed by atoms with Gasteiger partial charge in [-0.1, -0.05) is 0 Å². The third-order valence-electron chi connectivity index (χ3n) is 5.98. The van der Waals surface area contributed by atoms with Gasteiger partial charge in [0.2, 0.25) is 10.0 Å². The van der Waals surface area contributed by atoms with Crippen molar-refractivity contribution in [1.82, 2.24) is 14.2 Å². The van der Waals surface area contributed by atoms with Crippen LogP contribution in [0.3, 0.4) is 0 Å². The number of sulfonamides is 1. The van der Waals surface area contributed by atoms with Gasteiger partial charge in [0.05, 0.1) is 11.5 Å². The van der Waals surface area contributed by atoms with E-state index in [0.717, 1.165) is 25.9 Å². The number of hydrogen-bond donors (Lipinski definition) is 0. The molecule has 0 atom stereocenters. The van der Waals surface area contributed by atoms with Crippen molar-refractivity contribution in [2.45, 2.75) is 50.3 Å². The van der Waals surface area contributed by atoms with Crippen LogP contribution in [0.25, 0.3) is 0 Å². The Hall–Kier alpha value is -2.39. The van der Waals surface area contributed by atoms with Gasteiger partial charge < -0.3 is 14.1 Å². The Morgan fingerprint density at radius 1 is 1.13 bits per heavy atom. The van der Waals surface area contributed by atoms with Crippen LogP contribution in [-0.2, 0) is 10.0 Å². The Labute approximate surface area is 183 Å². The van der Waals surface area contributed by atoms with E-state index >= 15 is 0 Å². The Balaban J connectivity index is 1.41. The van der Waals surface area contributed by atoms with E-state index in [4.69, 9.17) is 9.15 Å². The number of hydrogen-bond acceptors (Lipinski definition) is 6. The van der Waals surface area contributed by atoms with Crippen molar-refractivity contribution < 1.29 is 22.4 Å². The predicted molar refractivity (Wildman–Crippen MR) is 115 cm³/mol. The molecule has 3 heterocycles. The van der Waals surface area contributed by atoms with E-state index in [0.29, 0.717) is 55.6 Å². The number of carbonyl (C=O) groups is 1. The zero-order valence-electron chi connectivity index (χ0n) is 18.0. The van der Waals surface area contributed by atoms with Gasteiger partial charge in [-0.2, -0.15) is 4.31 Å². The third-order valence-corrected chi connectivity index (χ3v) is 7.90. The number of ether oxygens (including phenoxy) is 1. The van der Waals surface area contributed by atoms with Gasteiger partial charge in [-0.05, 0) is 63.8 Å². The summed E-state index contributed by atoms with van der Waals surface area (Å²) in [4.78, 5) is 19.3. The quantitative estimate of drug-likeness (QED) is 0.675. The normalized spacial score (nSPS) is 18.5. The molecule has 0 saturated carbocycles. The van der Waals surface area contributed by atoms with Crippen LogP contribution in [0.4, 0.5) is 0 Å². The molecule has 0 N–H and O–H groups in total. The second-order valence-corrected chi connectivity index (χ2v) is 9.98. The fraction of sp³-hybridized carbons (Fsp3) is 0.545. The molecule has 1 amide bonds. The first-order chi connectivity index (χ1) is 14.9. The van der Waals surface area contributed by atoms with Crippen LogP contribution >= 0.6 is 0 Å². The maximum atomic E-state index is 13.0. The molecule has 9 heteroatoms. The molecule has 8 nitrogen and oxygen atoms in total. The maximum Gasteiger partial charge on any atom is 0.276 e. The average Bonchev–Trinajstić information content (AvgIpc) is 3.44. The molecule has 0 radical (unpaired) electrons. The third kappa shape index (κ3) is 4.48. The van der Waals surface area contributed by atoms with Crippen LogP contribution in [0, 0.1) is 6.92 Å². The smallest absolute Gasteiger partial charge is 0.276 e. The number of nitrogens with zero attached hydrogens (tertiary/aromatic N) is 3. The number of aromatic nitrogens is 1. The minimum Gasteiger partial charge on any atom is -0.494 e. The molecule has 2 aromatic rings. The van der Waals surface area contributed by atoms with Crippen LogP contribution in [-0.4, -0.2) is 61.3 Å². The van der Waals surface area contributed by atoms with E-state index in [9.17, 15) is 13.2 Å². The van der Waals surface area contributed by atoms with Crippen molar-refractivity contribution in [3.8, 4) is 5.75 Å². The molecular weight excluding hydrogens is 418 g/mol. The fourth-order valence-electron chi connectivity index (χ4n) is 4.23. The molecule has 0 aliphatic carbocycles.